The lowest BCUT2D eigenvalue weighted by Gasteiger charge is -2.12. The zero-order valence-electron chi connectivity index (χ0n) is 9.45. The quantitative estimate of drug-likeness (QED) is 0.491. The van der Waals surface area contributed by atoms with Crippen molar-refractivity contribution >= 4 is 23.9 Å². The number of nitrogens with zero attached hydrogens (tertiary/aromatic N) is 3. The summed E-state index contributed by atoms with van der Waals surface area (Å²) in [5.41, 5.74) is 4.87. The molecule has 5 N–H and O–H groups in total. The van der Waals surface area contributed by atoms with Crippen molar-refractivity contribution in [3.8, 4) is 0 Å². The van der Waals surface area contributed by atoms with Crippen LogP contribution in [0.3, 0.4) is 0 Å². The van der Waals surface area contributed by atoms with Gasteiger partial charge in [0, 0.05) is 7.05 Å². The van der Waals surface area contributed by atoms with Gasteiger partial charge in [0.2, 0.25) is 11.9 Å². The predicted molar refractivity (Wildman–Crippen MR) is 58.4 cm³/mol. The molecule has 0 saturated heterocycles. The van der Waals surface area contributed by atoms with Gasteiger partial charge in [-0.15, -0.1) is 0 Å². The van der Waals surface area contributed by atoms with Crippen LogP contribution in [0.15, 0.2) is 6.33 Å². The van der Waals surface area contributed by atoms with E-state index in [4.69, 9.17) is 10.8 Å². The lowest BCUT2D eigenvalue weighted by Crippen LogP contribution is -2.45. The van der Waals surface area contributed by atoms with Crippen molar-refractivity contribution < 1.29 is 19.5 Å². The summed E-state index contributed by atoms with van der Waals surface area (Å²) in [5, 5.41) is 16.8. The number of nitrogens with two attached hydrogens (primary N) is 1. The first-order valence-corrected chi connectivity index (χ1v) is 4.82. The number of rotatable bonds is 5. The van der Waals surface area contributed by atoms with E-state index in [1.165, 1.54) is 11.0 Å². The Hall–Kier alpha value is -2.65. The van der Waals surface area contributed by atoms with E-state index in [-0.39, 0.29) is 5.95 Å². The summed E-state index contributed by atoms with van der Waals surface area (Å²) in [4.78, 5) is 36.5. The minimum absolute atomic E-state index is 0.135. The molecule has 0 fully saturated rings. The maximum Gasteiger partial charge on any atom is 0.326 e. The van der Waals surface area contributed by atoms with Crippen LogP contribution in [0.5, 0.6) is 0 Å². The van der Waals surface area contributed by atoms with Crippen LogP contribution in [0.4, 0.5) is 10.7 Å². The maximum atomic E-state index is 11.4. The third-order valence-electron chi connectivity index (χ3n) is 1.95. The maximum absolute atomic E-state index is 11.4. The van der Waals surface area contributed by atoms with Gasteiger partial charge in [0.25, 0.3) is 0 Å². The number of carboxylic acids is 1. The normalized spacial score (nSPS) is 11.6. The number of urea groups is 1. The van der Waals surface area contributed by atoms with Crippen LogP contribution in [0.25, 0.3) is 0 Å². The summed E-state index contributed by atoms with van der Waals surface area (Å²) in [6.45, 7) is 0. The fraction of sp³-hybridized carbons (Fsp3) is 0.375. The molecule has 98 valence electrons. The van der Waals surface area contributed by atoms with Crippen molar-refractivity contribution in [1.82, 2.24) is 20.1 Å². The standard InChI is InChI=1S/C8H12N6O4/c1-14-7(10-3-11-14)13-8(18)12-4(6(16)17)2-5(9)15/h3-4H,2H2,1H3,(H2,9,15)(H,16,17)(H2,10,11,12,13,18)/t4-/m1/s1. The fourth-order valence-corrected chi connectivity index (χ4v) is 1.11. The number of aromatic nitrogens is 3. The van der Waals surface area contributed by atoms with Crippen LogP contribution in [0.1, 0.15) is 6.42 Å². The smallest absolute Gasteiger partial charge is 0.326 e. The predicted octanol–water partition coefficient (Wildman–Crippen LogP) is -1.73. The molecule has 18 heavy (non-hydrogen) atoms. The number of aryl methyl sites for hydroxylation is 1. The number of carboxylic acid groups (broad SMARTS) is 1. The number of anilines is 1. The first-order valence-electron chi connectivity index (χ1n) is 4.82. The second-order valence-corrected chi connectivity index (χ2v) is 3.37. The molecule has 0 spiro atoms. The van der Waals surface area contributed by atoms with Gasteiger partial charge in [0.05, 0.1) is 6.42 Å². The summed E-state index contributed by atoms with van der Waals surface area (Å²) in [6.07, 6.45) is 0.718. The van der Waals surface area contributed by atoms with Crippen LogP contribution < -0.4 is 16.4 Å². The van der Waals surface area contributed by atoms with Crippen molar-refractivity contribution in [3.63, 3.8) is 0 Å². The Kier molecular flexibility index (Phi) is 4.18. The monoisotopic (exact) mass is 256 g/mol. The van der Waals surface area contributed by atoms with Gasteiger partial charge in [-0.3, -0.25) is 10.1 Å². The summed E-state index contributed by atoms with van der Waals surface area (Å²) in [5.74, 6) is -2.06. The lowest BCUT2D eigenvalue weighted by atomic mass is 10.2. The highest BCUT2D eigenvalue weighted by Crippen LogP contribution is 1.98. The van der Waals surface area contributed by atoms with E-state index in [0.717, 1.165) is 0 Å². The zero-order chi connectivity index (χ0) is 13.7. The SMILES string of the molecule is Cn1ncnc1NC(=O)N[C@H](CC(N)=O)C(=O)O. The fourth-order valence-electron chi connectivity index (χ4n) is 1.11. The van der Waals surface area contributed by atoms with Gasteiger partial charge < -0.3 is 16.2 Å². The number of nitrogens with one attached hydrogen (secondary N) is 2. The van der Waals surface area contributed by atoms with Crippen molar-refractivity contribution in [2.24, 2.45) is 12.8 Å². The number of primary amides is 1. The highest BCUT2D eigenvalue weighted by Gasteiger charge is 2.22. The molecule has 1 heterocycles. The Labute approximate surface area is 101 Å². The van der Waals surface area contributed by atoms with E-state index in [1.807, 2.05) is 0 Å². The summed E-state index contributed by atoms with van der Waals surface area (Å²) in [6, 6.07) is -2.21. The number of aliphatic carboxylic acids is 1. The molecule has 1 rings (SSSR count). The molecule has 1 atom stereocenters. The van der Waals surface area contributed by atoms with Gasteiger partial charge in [-0.05, 0) is 0 Å². The molecular formula is C8H12N6O4. The van der Waals surface area contributed by atoms with Crippen LogP contribution in [0, 0.1) is 0 Å². The summed E-state index contributed by atoms with van der Waals surface area (Å²) >= 11 is 0. The molecule has 3 amide bonds. The molecule has 0 unspecified atom stereocenters. The topological polar surface area (TPSA) is 152 Å². The molecule has 0 aromatic carbocycles. The van der Waals surface area contributed by atoms with E-state index in [2.05, 4.69) is 20.7 Å². The van der Waals surface area contributed by atoms with E-state index in [0.29, 0.717) is 0 Å². The molecule has 1 aromatic rings. The minimum Gasteiger partial charge on any atom is -0.480 e. The Morgan fingerprint density at radius 1 is 1.56 bits per heavy atom. The van der Waals surface area contributed by atoms with E-state index in [9.17, 15) is 14.4 Å². The van der Waals surface area contributed by atoms with Gasteiger partial charge in [0.15, 0.2) is 0 Å². The van der Waals surface area contributed by atoms with Crippen LogP contribution in [-0.4, -0.2) is 43.8 Å². The Balaban J connectivity index is 2.59. The molecule has 10 heteroatoms. The summed E-state index contributed by atoms with van der Waals surface area (Å²) in [7, 11) is 1.54. The summed E-state index contributed by atoms with van der Waals surface area (Å²) < 4.78 is 1.28. The third-order valence-corrected chi connectivity index (χ3v) is 1.95. The number of carbonyl (C=O) groups is 3. The highest BCUT2D eigenvalue weighted by atomic mass is 16.4. The largest absolute Gasteiger partial charge is 0.480 e. The van der Waals surface area contributed by atoms with Gasteiger partial charge in [-0.2, -0.15) is 10.1 Å². The second kappa shape index (κ2) is 5.61. The molecule has 10 nitrogen and oxygen atoms in total. The highest BCUT2D eigenvalue weighted by molar-refractivity contribution is 5.92. The number of amides is 3. The van der Waals surface area contributed by atoms with Gasteiger partial charge in [-0.1, -0.05) is 0 Å². The average molecular weight is 256 g/mol. The molecule has 0 aliphatic heterocycles. The van der Waals surface area contributed by atoms with Gasteiger partial charge in [-0.25, -0.2) is 14.3 Å². The Bertz CT molecular complexity index is 470. The number of hydrogen-bond acceptors (Lipinski definition) is 5. The molecular weight excluding hydrogens is 244 g/mol. The van der Waals surface area contributed by atoms with E-state index < -0.39 is 30.4 Å². The van der Waals surface area contributed by atoms with Gasteiger partial charge in [0.1, 0.15) is 12.4 Å². The number of hydrogen-bond donors (Lipinski definition) is 4. The van der Waals surface area contributed by atoms with Crippen molar-refractivity contribution in [1.29, 1.82) is 0 Å². The molecule has 0 aliphatic rings. The Morgan fingerprint density at radius 2 is 2.22 bits per heavy atom. The van der Waals surface area contributed by atoms with Crippen molar-refractivity contribution in [3.05, 3.63) is 6.33 Å². The molecule has 1 aromatic heterocycles. The molecule has 0 aliphatic carbocycles. The zero-order valence-corrected chi connectivity index (χ0v) is 9.45. The molecule has 0 radical (unpaired) electrons. The van der Waals surface area contributed by atoms with Crippen LogP contribution >= 0.6 is 0 Å². The van der Waals surface area contributed by atoms with Crippen molar-refractivity contribution in [2.45, 2.75) is 12.5 Å². The molecule has 0 saturated carbocycles. The second-order valence-electron chi connectivity index (χ2n) is 3.37. The molecule has 0 bridgehead atoms. The Morgan fingerprint density at radius 3 is 2.67 bits per heavy atom. The first kappa shape index (κ1) is 13.4. The third kappa shape index (κ3) is 3.73. The minimum atomic E-state index is -1.39. The van der Waals surface area contributed by atoms with Crippen LogP contribution in [-0.2, 0) is 16.6 Å². The van der Waals surface area contributed by atoms with E-state index in [1.54, 1.807) is 7.05 Å². The van der Waals surface area contributed by atoms with Gasteiger partial charge >= 0.3 is 12.0 Å². The van der Waals surface area contributed by atoms with Crippen molar-refractivity contribution in [2.75, 3.05) is 5.32 Å². The lowest BCUT2D eigenvalue weighted by molar-refractivity contribution is -0.140. The average Bonchev–Trinajstić information content (AvgIpc) is 2.62. The first-order chi connectivity index (χ1) is 8.40. The van der Waals surface area contributed by atoms with Crippen LogP contribution in [0.2, 0.25) is 0 Å². The van der Waals surface area contributed by atoms with E-state index >= 15 is 0 Å². The number of carbonyl (C=O) groups excluding carboxylic acids is 2.